The second-order valence-corrected chi connectivity index (χ2v) is 6.19. The van der Waals surface area contributed by atoms with Gasteiger partial charge in [-0.25, -0.2) is 4.98 Å². The Bertz CT molecular complexity index is 807. The van der Waals surface area contributed by atoms with Crippen LogP contribution < -0.4 is 15.8 Å². The van der Waals surface area contributed by atoms with E-state index in [1.54, 1.807) is 18.3 Å². The number of nitrogens with zero attached hydrogens (tertiary/aromatic N) is 2. The van der Waals surface area contributed by atoms with E-state index in [-0.39, 0.29) is 18.0 Å². The summed E-state index contributed by atoms with van der Waals surface area (Å²) < 4.78 is 0. The average Bonchev–Trinajstić information content (AvgIpc) is 3.08. The van der Waals surface area contributed by atoms with Gasteiger partial charge in [-0.2, -0.15) is 0 Å². The molecule has 24 heavy (non-hydrogen) atoms. The van der Waals surface area contributed by atoms with E-state index in [9.17, 15) is 9.59 Å². The predicted octanol–water partition coefficient (Wildman–Crippen LogP) is 1.92. The third-order valence-corrected chi connectivity index (χ3v) is 4.36. The van der Waals surface area contributed by atoms with Gasteiger partial charge in [-0.3, -0.25) is 9.59 Å². The number of amides is 1. The van der Waals surface area contributed by atoms with E-state index in [1.807, 2.05) is 19.9 Å². The van der Waals surface area contributed by atoms with Gasteiger partial charge in [-0.15, -0.1) is 0 Å². The Kier molecular flexibility index (Phi) is 4.64. The van der Waals surface area contributed by atoms with E-state index >= 15 is 0 Å². The van der Waals surface area contributed by atoms with Crippen molar-refractivity contribution in [3.63, 3.8) is 0 Å². The number of aryl methyl sites for hydroxylation is 2. The maximum atomic E-state index is 12.6. The number of hydrogen-bond acceptors (Lipinski definition) is 4. The number of carbonyl (C=O) groups excluding carboxylic acids is 1. The Balaban J connectivity index is 1.78. The molecule has 1 aliphatic heterocycles. The maximum absolute atomic E-state index is 12.6. The fourth-order valence-electron chi connectivity index (χ4n) is 3.12. The van der Waals surface area contributed by atoms with Crippen LogP contribution in [-0.2, 0) is 6.54 Å². The molecular formula is C18H22N4O2. The van der Waals surface area contributed by atoms with E-state index in [4.69, 9.17) is 0 Å². The molecule has 1 saturated heterocycles. The highest BCUT2D eigenvalue weighted by Gasteiger charge is 2.20. The topological polar surface area (TPSA) is 78.1 Å². The lowest BCUT2D eigenvalue weighted by atomic mass is 10.1. The molecule has 1 fully saturated rings. The summed E-state index contributed by atoms with van der Waals surface area (Å²) in [6.45, 7) is 5.77. The SMILES string of the molecule is Cc1cc(C)c(CNC(=O)c2cccnc2N2CCCC2)c(=O)[nH]1. The van der Waals surface area contributed by atoms with Crippen molar-refractivity contribution in [1.29, 1.82) is 0 Å². The molecule has 0 spiro atoms. The number of H-pyrrole nitrogens is 1. The van der Waals surface area contributed by atoms with Gasteiger partial charge >= 0.3 is 0 Å². The van der Waals surface area contributed by atoms with Crippen LogP contribution >= 0.6 is 0 Å². The first-order valence-corrected chi connectivity index (χ1v) is 8.24. The maximum Gasteiger partial charge on any atom is 0.255 e. The van der Waals surface area contributed by atoms with Crippen LogP contribution in [0, 0.1) is 13.8 Å². The molecule has 3 heterocycles. The number of aromatic amines is 1. The summed E-state index contributed by atoms with van der Waals surface area (Å²) in [5, 5.41) is 2.85. The smallest absolute Gasteiger partial charge is 0.255 e. The van der Waals surface area contributed by atoms with Crippen molar-refractivity contribution in [2.45, 2.75) is 33.2 Å². The first-order chi connectivity index (χ1) is 11.6. The van der Waals surface area contributed by atoms with Gasteiger partial charge < -0.3 is 15.2 Å². The van der Waals surface area contributed by atoms with E-state index in [0.717, 1.165) is 43.0 Å². The summed E-state index contributed by atoms with van der Waals surface area (Å²) in [6, 6.07) is 5.45. The van der Waals surface area contributed by atoms with E-state index in [0.29, 0.717) is 11.1 Å². The molecule has 6 nitrogen and oxygen atoms in total. The van der Waals surface area contributed by atoms with Crippen molar-refractivity contribution >= 4 is 11.7 Å². The lowest BCUT2D eigenvalue weighted by Gasteiger charge is -2.19. The first kappa shape index (κ1) is 16.2. The number of carbonyl (C=O) groups is 1. The predicted molar refractivity (Wildman–Crippen MR) is 93.4 cm³/mol. The summed E-state index contributed by atoms with van der Waals surface area (Å²) in [5.74, 6) is 0.520. The molecular weight excluding hydrogens is 304 g/mol. The van der Waals surface area contributed by atoms with E-state index in [1.165, 1.54) is 0 Å². The zero-order valence-electron chi connectivity index (χ0n) is 14.1. The molecule has 2 aromatic heterocycles. The van der Waals surface area contributed by atoms with Gasteiger partial charge in [0.2, 0.25) is 0 Å². The van der Waals surface area contributed by atoms with Crippen LogP contribution in [0.15, 0.2) is 29.2 Å². The third-order valence-electron chi connectivity index (χ3n) is 4.36. The molecule has 1 amide bonds. The van der Waals surface area contributed by atoms with Gasteiger partial charge in [0.15, 0.2) is 0 Å². The van der Waals surface area contributed by atoms with Crippen LogP contribution in [0.2, 0.25) is 0 Å². The fourth-order valence-corrected chi connectivity index (χ4v) is 3.12. The van der Waals surface area contributed by atoms with Crippen molar-refractivity contribution in [2.24, 2.45) is 0 Å². The number of hydrogen-bond donors (Lipinski definition) is 2. The van der Waals surface area contributed by atoms with Crippen LogP contribution in [0.1, 0.15) is 40.0 Å². The van der Waals surface area contributed by atoms with Crippen molar-refractivity contribution in [1.82, 2.24) is 15.3 Å². The summed E-state index contributed by atoms with van der Waals surface area (Å²) in [5.41, 5.74) is 2.68. The van der Waals surface area contributed by atoms with Gasteiger partial charge in [-0.05, 0) is 50.5 Å². The van der Waals surface area contributed by atoms with Crippen LogP contribution in [0.3, 0.4) is 0 Å². The largest absolute Gasteiger partial charge is 0.356 e. The van der Waals surface area contributed by atoms with Crippen LogP contribution in [0.25, 0.3) is 0 Å². The lowest BCUT2D eigenvalue weighted by Crippen LogP contribution is -2.30. The summed E-state index contributed by atoms with van der Waals surface area (Å²) in [4.78, 5) is 33.9. The summed E-state index contributed by atoms with van der Waals surface area (Å²) in [6.07, 6.45) is 3.95. The Hall–Kier alpha value is -2.63. The van der Waals surface area contributed by atoms with Gasteiger partial charge in [0.05, 0.1) is 5.56 Å². The molecule has 0 aromatic carbocycles. The fraction of sp³-hybridized carbons (Fsp3) is 0.389. The normalized spacial score (nSPS) is 14.0. The zero-order valence-corrected chi connectivity index (χ0v) is 14.1. The Labute approximate surface area is 140 Å². The average molecular weight is 326 g/mol. The van der Waals surface area contributed by atoms with E-state index < -0.39 is 0 Å². The lowest BCUT2D eigenvalue weighted by molar-refractivity contribution is 0.0951. The minimum Gasteiger partial charge on any atom is -0.356 e. The molecule has 0 aliphatic carbocycles. The quantitative estimate of drug-likeness (QED) is 0.900. The number of rotatable bonds is 4. The van der Waals surface area contributed by atoms with Gasteiger partial charge in [0.1, 0.15) is 5.82 Å². The minimum atomic E-state index is -0.204. The van der Waals surface area contributed by atoms with Crippen LogP contribution in [-0.4, -0.2) is 29.0 Å². The van der Waals surface area contributed by atoms with Crippen molar-refractivity contribution in [2.75, 3.05) is 18.0 Å². The molecule has 0 atom stereocenters. The number of pyridine rings is 2. The monoisotopic (exact) mass is 326 g/mol. The highest BCUT2D eigenvalue weighted by atomic mass is 16.2. The molecule has 0 unspecified atom stereocenters. The molecule has 0 radical (unpaired) electrons. The molecule has 126 valence electrons. The van der Waals surface area contributed by atoms with Crippen LogP contribution in [0.4, 0.5) is 5.82 Å². The van der Waals surface area contributed by atoms with Crippen molar-refractivity contribution < 1.29 is 4.79 Å². The summed E-state index contributed by atoms with van der Waals surface area (Å²) in [7, 11) is 0. The zero-order chi connectivity index (χ0) is 17.1. The molecule has 0 bridgehead atoms. The molecule has 6 heteroatoms. The molecule has 0 saturated carbocycles. The standard InChI is InChI=1S/C18H22N4O2/c1-12-10-13(2)21-18(24)15(12)11-20-17(23)14-6-5-7-19-16(14)22-8-3-4-9-22/h5-7,10H,3-4,8-9,11H2,1-2H3,(H,20,23)(H,21,24). The Morgan fingerprint density at radius 1 is 1.33 bits per heavy atom. The second-order valence-electron chi connectivity index (χ2n) is 6.19. The molecule has 1 aliphatic rings. The summed E-state index contributed by atoms with van der Waals surface area (Å²) >= 11 is 0. The number of nitrogens with one attached hydrogen (secondary N) is 2. The Morgan fingerprint density at radius 2 is 2.08 bits per heavy atom. The second kappa shape index (κ2) is 6.86. The highest BCUT2D eigenvalue weighted by Crippen LogP contribution is 2.21. The molecule has 2 N–H and O–H groups in total. The number of aromatic nitrogens is 2. The molecule has 2 aromatic rings. The minimum absolute atomic E-state index is 0.154. The van der Waals surface area contributed by atoms with Crippen molar-refractivity contribution in [3.8, 4) is 0 Å². The van der Waals surface area contributed by atoms with E-state index in [2.05, 4.69) is 20.2 Å². The molecule has 3 rings (SSSR count). The highest BCUT2D eigenvalue weighted by molar-refractivity contribution is 5.98. The first-order valence-electron chi connectivity index (χ1n) is 8.24. The Morgan fingerprint density at radius 3 is 2.79 bits per heavy atom. The van der Waals surface area contributed by atoms with Gasteiger partial charge in [-0.1, -0.05) is 0 Å². The van der Waals surface area contributed by atoms with Gasteiger partial charge in [0, 0.05) is 37.1 Å². The van der Waals surface area contributed by atoms with Crippen molar-refractivity contribution in [3.05, 3.63) is 57.1 Å². The number of anilines is 1. The van der Waals surface area contributed by atoms with Gasteiger partial charge in [0.25, 0.3) is 11.5 Å². The third kappa shape index (κ3) is 3.32. The van der Waals surface area contributed by atoms with Crippen LogP contribution in [0.5, 0.6) is 0 Å².